The molecule has 0 unspecified atom stereocenters. The van der Waals surface area contributed by atoms with E-state index in [4.69, 9.17) is 23.7 Å². The first-order valence-corrected chi connectivity index (χ1v) is 9.15. The Morgan fingerprint density at radius 2 is 1.79 bits per heavy atom. The molecule has 0 aliphatic carbocycles. The Morgan fingerprint density at radius 1 is 1.00 bits per heavy atom. The van der Waals surface area contributed by atoms with Crippen molar-refractivity contribution in [1.82, 2.24) is 0 Å². The van der Waals surface area contributed by atoms with Gasteiger partial charge in [0.05, 0.1) is 6.61 Å². The van der Waals surface area contributed by atoms with Crippen LogP contribution in [-0.4, -0.2) is 36.3 Å². The standard InChI is InChI=1S/C21H18O7/c1-10(7-22)14-3-11-2-12-16(5-15(11)27-14)24-8-21(23)13-4-18-19(26-9-25-18)6-17(13)28-20(12)21/h2,4-6,14,20,22-23H,1,3,7-9H2/t14-,20+,21+/m0/s1. The van der Waals surface area contributed by atoms with E-state index in [1.807, 2.05) is 12.1 Å². The second-order valence-corrected chi connectivity index (χ2v) is 7.54. The van der Waals surface area contributed by atoms with Gasteiger partial charge in [0.1, 0.15) is 30.0 Å². The van der Waals surface area contributed by atoms with Crippen LogP contribution >= 0.6 is 0 Å². The molecule has 6 rings (SSSR count). The van der Waals surface area contributed by atoms with E-state index >= 15 is 0 Å². The molecule has 0 aromatic heterocycles. The first-order chi connectivity index (χ1) is 13.6. The van der Waals surface area contributed by atoms with Gasteiger partial charge in [-0.2, -0.15) is 0 Å². The van der Waals surface area contributed by atoms with E-state index in [-0.39, 0.29) is 26.1 Å². The summed E-state index contributed by atoms with van der Waals surface area (Å²) < 4.78 is 28.8. The highest BCUT2D eigenvalue weighted by atomic mass is 16.7. The second kappa shape index (κ2) is 5.33. The number of hydrogen-bond donors (Lipinski definition) is 2. The fourth-order valence-electron chi connectivity index (χ4n) is 4.34. The average Bonchev–Trinajstić information content (AvgIpc) is 3.39. The van der Waals surface area contributed by atoms with E-state index in [1.165, 1.54) is 0 Å². The number of aliphatic hydroxyl groups excluding tert-OH is 1. The summed E-state index contributed by atoms with van der Waals surface area (Å²) in [6.07, 6.45) is -0.253. The number of ether oxygens (including phenoxy) is 5. The summed E-state index contributed by atoms with van der Waals surface area (Å²) >= 11 is 0. The van der Waals surface area contributed by atoms with Crippen LogP contribution in [0.15, 0.2) is 36.4 Å². The number of fused-ring (bicyclic) bond motifs is 7. The van der Waals surface area contributed by atoms with Gasteiger partial charge in [0.25, 0.3) is 0 Å². The Kier molecular flexibility index (Phi) is 3.07. The van der Waals surface area contributed by atoms with E-state index in [9.17, 15) is 10.2 Å². The normalized spacial score (nSPS) is 27.6. The van der Waals surface area contributed by atoms with Crippen molar-refractivity contribution >= 4 is 0 Å². The van der Waals surface area contributed by atoms with Crippen molar-refractivity contribution in [3.05, 3.63) is 53.1 Å². The number of aliphatic hydroxyl groups is 2. The molecule has 7 nitrogen and oxygen atoms in total. The molecular formula is C21H18O7. The van der Waals surface area contributed by atoms with Crippen molar-refractivity contribution in [3.8, 4) is 28.7 Å². The lowest BCUT2D eigenvalue weighted by Crippen LogP contribution is -2.41. The van der Waals surface area contributed by atoms with Crippen molar-refractivity contribution < 1.29 is 33.9 Å². The Hall–Kier alpha value is -2.90. The maximum atomic E-state index is 11.4. The highest BCUT2D eigenvalue weighted by Gasteiger charge is 2.54. The van der Waals surface area contributed by atoms with E-state index in [2.05, 4.69) is 6.58 Å². The van der Waals surface area contributed by atoms with Crippen molar-refractivity contribution in [3.63, 3.8) is 0 Å². The summed E-state index contributed by atoms with van der Waals surface area (Å²) in [5, 5.41) is 20.8. The highest BCUT2D eigenvalue weighted by Crippen LogP contribution is 2.57. The molecule has 0 saturated heterocycles. The fourth-order valence-corrected chi connectivity index (χ4v) is 4.34. The Balaban J connectivity index is 1.41. The first kappa shape index (κ1) is 16.1. The van der Waals surface area contributed by atoms with Crippen molar-refractivity contribution in [2.24, 2.45) is 0 Å². The lowest BCUT2D eigenvalue weighted by Gasteiger charge is -2.35. The van der Waals surface area contributed by atoms with Gasteiger partial charge in [-0.1, -0.05) is 6.58 Å². The molecule has 4 aliphatic heterocycles. The zero-order valence-corrected chi connectivity index (χ0v) is 14.9. The van der Waals surface area contributed by atoms with Crippen LogP contribution in [0.1, 0.15) is 22.8 Å². The predicted molar refractivity (Wildman–Crippen MR) is 96.1 cm³/mol. The second-order valence-electron chi connectivity index (χ2n) is 7.54. The van der Waals surface area contributed by atoms with E-state index in [1.54, 1.807) is 12.1 Å². The number of hydrogen-bond acceptors (Lipinski definition) is 7. The van der Waals surface area contributed by atoms with Gasteiger partial charge in [-0.3, -0.25) is 0 Å². The third kappa shape index (κ3) is 2.00. The van der Waals surface area contributed by atoms with Gasteiger partial charge >= 0.3 is 0 Å². The third-order valence-corrected chi connectivity index (χ3v) is 5.88. The van der Waals surface area contributed by atoms with Gasteiger partial charge < -0.3 is 33.9 Å². The van der Waals surface area contributed by atoms with Gasteiger partial charge in [-0.05, 0) is 23.3 Å². The SMILES string of the molecule is C=C(CO)[C@@H]1Cc2cc3c(cc2O1)OC[C@@]1(O)c2cc4c(cc2O[C@H]31)OCO4. The van der Waals surface area contributed by atoms with E-state index in [0.717, 1.165) is 11.1 Å². The minimum Gasteiger partial charge on any atom is -0.489 e. The predicted octanol–water partition coefficient (Wildman–Crippen LogP) is 1.98. The third-order valence-electron chi connectivity index (χ3n) is 5.88. The van der Waals surface area contributed by atoms with Crippen LogP contribution in [0.2, 0.25) is 0 Å². The molecular weight excluding hydrogens is 364 g/mol. The topological polar surface area (TPSA) is 86.6 Å². The molecule has 4 aliphatic rings. The molecule has 3 atom stereocenters. The lowest BCUT2D eigenvalue weighted by atomic mass is 9.84. The summed E-state index contributed by atoms with van der Waals surface area (Å²) in [6, 6.07) is 7.30. The Bertz CT molecular complexity index is 1030. The van der Waals surface area contributed by atoms with Crippen LogP contribution in [0, 0.1) is 0 Å². The van der Waals surface area contributed by atoms with Crippen LogP contribution in [0.4, 0.5) is 0 Å². The molecule has 0 radical (unpaired) electrons. The van der Waals surface area contributed by atoms with Crippen LogP contribution in [0.3, 0.4) is 0 Å². The van der Waals surface area contributed by atoms with Crippen LogP contribution < -0.4 is 23.7 Å². The number of benzene rings is 2. The largest absolute Gasteiger partial charge is 0.489 e. The minimum absolute atomic E-state index is 0.0584. The van der Waals surface area contributed by atoms with Crippen molar-refractivity contribution in [1.29, 1.82) is 0 Å². The number of rotatable bonds is 2. The van der Waals surface area contributed by atoms with Gasteiger partial charge in [0.2, 0.25) is 6.79 Å². The molecule has 2 N–H and O–H groups in total. The molecule has 7 heteroatoms. The molecule has 0 bridgehead atoms. The Morgan fingerprint density at radius 3 is 2.61 bits per heavy atom. The quantitative estimate of drug-likeness (QED) is 0.768. The summed E-state index contributed by atoms with van der Waals surface area (Å²) in [4.78, 5) is 0. The highest BCUT2D eigenvalue weighted by molar-refractivity contribution is 5.60. The molecule has 144 valence electrons. The monoisotopic (exact) mass is 382 g/mol. The van der Waals surface area contributed by atoms with E-state index in [0.29, 0.717) is 46.3 Å². The van der Waals surface area contributed by atoms with Crippen molar-refractivity contribution in [2.75, 3.05) is 20.0 Å². The summed E-state index contributed by atoms with van der Waals surface area (Å²) in [5.74, 6) is 3.10. The van der Waals surface area contributed by atoms with Gasteiger partial charge in [-0.25, -0.2) is 0 Å². The molecule has 0 saturated carbocycles. The molecule has 2 aromatic rings. The molecule has 0 fully saturated rings. The summed E-state index contributed by atoms with van der Waals surface area (Å²) in [5.41, 5.74) is 1.69. The smallest absolute Gasteiger partial charge is 0.231 e. The molecule has 0 amide bonds. The molecule has 2 aromatic carbocycles. The fraction of sp³-hybridized carbons (Fsp3) is 0.333. The zero-order valence-electron chi connectivity index (χ0n) is 14.9. The summed E-state index contributed by atoms with van der Waals surface area (Å²) in [7, 11) is 0. The van der Waals surface area contributed by atoms with Gasteiger partial charge in [0, 0.05) is 29.7 Å². The molecule has 0 spiro atoms. The summed E-state index contributed by atoms with van der Waals surface area (Å²) in [6.45, 7) is 3.96. The lowest BCUT2D eigenvalue weighted by molar-refractivity contribution is -0.0865. The van der Waals surface area contributed by atoms with Crippen LogP contribution in [-0.2, 0) is 12.0 Å². The zero-order chi connectivity index (χ0) is 19.0. The van der Waals surface area contributed by atoms with Crippen molar-refractivity contribution in [2.45, 2.75) is 24.2 Å². The first-order valence-electron chi connectivity index (χ1n) is 9.15. The Labute approximate surface area is 160 Å². The van der Waals surface area contributed by atoms with E-state index < -0.39 is 11.7 Å². The minimum atomic E-state index is -1.31. The average molecular weight is 382 g/mol. The maximum Gasteiger partial charge on any atom is 0.231 e. The van der Waals surface area contributed by atoms with Crippen LogP contribution in [0.5, 0.6) is 28.7 Å². The maximum absolute atomic E-state index is 11.4. The van der Waals surface area contributed by atoms with Gasteiger partial charge in [-0.15, -0.1) is 0 Å². The van der Waals surface area contributed by atoms with Gasteiger partial charge in [0.15, 0.2) is 23.2 Å². The molecule has 4 heterocycles. The van der Waals surface area contributed by atoms with Crippen LogP contribution in [0.25, 0.3) is 0 Å². The molecule has 28 heavy (non-hydrogen) atoms.